The van der Waals surface area contributed by atoms with Crippen molar-refractivity contribution in [1.29, 1.82) is 0 Å². The average Bonchev–Trinajstić information content (AvgIpc) is 3.28. The van der Waals surface area contributed by atoms with Gasteiger partial charge in [0.25, 0.3) is 5.91 Å². The molecule has 0 bridgehead atoms. The molecule has 0 spiro atoms. The fourth-order valence-corrected chi connectivity index (χ4v) is 3.00. The van der Waals surface area contributed by atoms with Crippen molar-refractivity contribution in [1.82, 2.24) is 5.43 Å². The number of hydrogen-bond acceptors (Lipinski definition) is 8. The minimum Gasteiger partial charge on any atom is -0.454 e. The van der Waals surface area contributed by atoms with Gasteiger partial charge in [0.1, 0.15) is 0 Å². The normalized spacial score (nSPS) is 11.9. The maximum Gasteiger partial charge on any atom is 0.343 e. The first-order valence-corrected chi connectivity index (χ1v) is 9.71. The van der Waals surface area contributed by atoms with Crippen molar-refractivity contribution in [3.63, 3.8) is 0 Å². The Morgan fingerprint density at radius 2 is 1.79 bits per heavy atom. The maximum atomic E-state index is 12.7. The van der Waals surface area contributed by atoms with E-state index in [9.17, 15) is 19.7 Å². The second-order valence-corrected chi connectivity index (χ2v) is 6.98. The van der Waals surface area contributed by atoms with Crippen LogP contribution in [0.5, 0.6) is 17.2 Å². The molecule has 10 nitrogen and oxygen atoms in total. The molecular formula is C23H17N3O7. The van der Waals surface area contributed by atoms with E-state index in [0.29, 0.717) is 17.1 Å². The highest BCUT2D eigenvalue weighted by molar-refractivity contribution is 5.97. The molecule has 0 radical (unpaired) electrons. The van der Waals surface area contributed by atoms with Crippen molar-refractivity contribution in [2.24, 2.45) is 5.10 Å². The first-order chi connectivity index (χ1) is 15.9. The summed E-state index contributed by atoms with van der Waals surface area (Å²) in [6, 6.07) is 15.4. The number of carbonyl (C=O) groups is 2. The molecule has 10 heteroatoms. The molecule has 0 saturated carbocycles. The molecule has 0 aromatic heterocycles. The zero-order valence-corrected chi connectivity index (χ0v) is 17.3. The number of nitrogens with zero attached hydrogens (tertiary/aromatic N) is 2. The van der Waals surface area contributed by atoms with Crippen molar-refractivity contribution in [2.45, 2.75) is 6.92 Å². The number of aryl methyl sites for hydroxylation is 1. The monoisotopic (exact) mass is 447 g/mol. The molecule has 1 heterocycles. The minimum atomic E-state index is -0.832. The molecule has 33 heavy (non-hydrogen) atoms. The van der Waals surface area contributed by atoms with Gasteiger partial charge in [-0.2, -0.15) is 5.10 Å². The summed E-state index contributed by atoms with van der Waals surface area (Å²) in [6.07, 6.45) is 1.17. The van der Waals surface area contributed by atoms with Gasteiger partial charge in [0.15, 0.2) is 11.5 Å². The summed E-state index contributed by atoms with van der Waals surface area (Å²) < 4.78 is 15.8. The lowest BCUT2D eigenvalue weighted by atomic mass is 10.1. The highest BCUT2D eigenvalue weighted by Crippen LogP contribution is 2.34. The molecule has 3 aromatic rings. The Bertz CT molecular complexity index is 1270. The maximum absolute atomic E-state index is 12.7. The van der Waals surface area contributed by atoms with Crippen LogP contribution in [-0.2, 0) is 0 Å². The number of fused-ring (bicyclic) bond motifs is 1. The summed E-state index contributed by atoms with van der Waals surface area (Å²) in [5.74, 6) is -0.753. The second kappa shape index (κ2) is 9.18. The molecule has 0 unspecified atom stereocenters. The Balaban J connectivity index is 1.56. The van der Waals surface area contributed by atoms with E-state index in [0.717, 1.165) is 5.56 Å². The zero-order chi connectivity index (χ0) is 23.4. The first-order valence-electron chi connectivity index (χ1n) is 9.71. The van der Waals surface area contributed by atoms with Crippen molar-refractivity contribution < 1.29 is 28.7 Å². The van der Waals surface area contributed by atoms with E-state index in [2.05, 4.69) is 10.5 Å². The Morgan fingerprint density at radius 1 is 1.06 bits per heavy atom. The van der Waals surface area contributed by atoms with Crippen LogP contribution >= 0.6 is 0 Å². The summed E-state index contributed by atoms with van der Waals surface area (Å²) in [5, 5.41) is 15.4. The predicted molar refractivity (Wildman–Crippen MR) is 117 cm³/mol. The van der Waals surface area contributed by atoms with Crippen LogP contribution in [0.1, 0.15) is 31.8 Å². The van der Waals surface area contributed by atoms with E-state index in [1.807, 2.05) is 6.92 Å². The van der Waals surface area contributed by atoms with Crippen LogP contribution < -0.4 is 19.6 Å². The Morgan fingerprint density at radius 3 is 2.55 bits per heavy atom. The SMILES string of the molecule is Cc1ccc(C(=O)N/N=C/c2cccc([N+](=O)[O-])c2OC(=O)c2ccc3c(c2)OCO3)cc1. The van der Waals surface area contributed by atoms with Gasteiger partial charge in [0.2, 0.25) is 12.5 Å². The summed E-state index contributed by atoms with van der Waals surface area (Å²) in [6.45, 7) is 1.93. The molecule has 0 saturated heterocycles. The molecule has 1 N–H and O–H groups in total. The lowest BCUT2D eigenvalue weighted by Gasteiger charge is -2.08. The van der Waals surface area contributed by atoms with Crippen LogP contribution in [-0.4, -0.2) is 29.8 Å². The summed E-state index contributed by atoms with van der Waals surface area (Å²) in [7, 11) is 0. The highest BCUT2D eigenvalue weighted by atomic mass is 16.7. The quantitative estimate of drug-likeness (QED) is 0.201. The largest absolute Gasteiger partial charge is 0.454 e. The van der Waals surface area contributed by atoms with Gasteiger partial charge in [0.05, 0.1) is 16.7 Å². The number of amides is 1. The van der Waals surface area contributed by atoms with Gasteiger partial charge in [-0.15, -0.1) is 0 Å². The lowest BCUT2D eigenvalue weighted by molar-refractivity contribution is -0.385. The standard InChI is InChI=1S/C23H17N3O7/c1-14-5-7-15(8-6-14)22(27)25-24-12-17-3-2-4-18(26(29)30)21(17)33-23(28)16-9-10-19-20(11-16)32-13-31-19/h2-12H,13H2,1H3,(H,25,27)/b24-12+. The summed E-state index contributed by atoms with van der Waals surface area (Å²) >= 11 is 0. The third kappa shape index (κ3) is 4.79. The van der Waals surface area contributed by atoms with Crippen molar-refractivity contribution in [3.8, 4) is 17.2 Å². The number of hydrazone groups is 1. The van der Waals surface area contributed by atoms with Crippen molar-refractivity contribution in [2.75, 3.05) is 6.79 Å². The van der Waals surface area contributed by atoms with Crippen molar-refractivity contribution >= 4 is 23.8 Å². The number of esters is 1. The number of para-hydroxylation sites is 1. The van der Waals surface area contributed by atoms with E-state index >= 15 is 0 Å². The van der Waals surface area contributed by atoms with E-state index in [-0.39, 0.29) is 23.7 Å². The number of nitro groups is 1. The summed E-state index contributed by atoms with van der Waals surface area (Å²) in [4.78, 5) is 35.7. The smallest absolute Gasteiger partial charge is 0.343 e. The zero-order valence-electron chi connectivity index (χ0n) is 17.3. The fraction of sp³-hybridized carbons (Fsp3) is 0.0870. The van der Waals surface area contributed by atoms with Crippen molar-refractivity contribution in [3.05, 3.63) is 93.0 Å². The number of rotatable bonds is 6. The number of ether oxygens (including phenoxy) is 3. The van der Waals surface area contributed by atoms with E-state index in [1.165, 1.54) is 36.5 Å². The van der Waals surface area contributed by atoms with Gasteiger partial charge in [0, 0.05) is 17.2 Å². The van der Waals surface area contributed by atoms with Gasteiger partial charge < -0.3 is 14.2 Å². The minimum absolute atomic E-state index is 0.0346. The topological polar surface area (TPSA) is 129 Å². The average molecular weight is 447 g/mol. The first kappa shape index (κ1) is 21.5. The molecule has 0 fully saturated rings. The van der Waals surface area contributed by atoms with E-state index in [4.69, 9.17) is 14.2 Å². The molecule has 3 aromatic carbocycles. The van der Waals surface area contributed by atoms with Gasteiger partial charge in [-0.05, 0) is 43.3 Å². The van der Waals surface area contributed by atoms with Crippen LogP contribution in [0.15, 0.2) is 65.8 Å². The highest BCUT2D eigenvalue weighted by Gasteiger charge is 2.24. The van der Waals surface area contributed by atoms with E-state index < -0.39 is 22.5 Å². The van der Waals surface area contributed by atoms with Crippen LogP contribution in [0.2, 0.25) is 0 Å². The molecule has 1 amide bonds. The van der Waals surface area contributed by atoms with Gasteiger partial charge in [-0.3, -0.25) is 14.9 Å². The number of hydrogen-bond donors (Lipinski definition) is 1. The fourth-order valence-electron chi connectivity index (χ4n) is 3.00. The van der Waals surface area contributed by atoms with E-state index in [1.54, 1.807) is 30.3 Å². The predicted octanol–water partition coefficient (Wildman–Crippen LogP) is 3.62. The Labute approximate surface area is 187 Å². The number of nitro benzene ring substituents is 1. The molecular weight excluding hydrogens is 430 g/mol. The number of nitrogens with one attached hydrogen (secondary N) is 1. The lowest BCUT2D eigenvalue weighted by Crippen LogP contribution is -2.17. The molecule has 0 atom stereocenters. The van der Waals surface area contributed by atoms with Gasteiger partial charge >= 0.3 is 11.7 Å². The third-order valence-corrected chi connectivity index (χ3v) is 4.71. The third-order valence-electron chi connectivity index (χ3n) is 4.71. The van der Waals surface area contributed by atoms with Crippen LogP contribution in [0, 0.1) is 17.0 Å². The van der Waals surface area contributed by atoms with Crippen LogP contribution in [0.4, 0.5) is 5.69 Å². The van der Waals surface area contributed by atoms with Crippen LogP contribution in [0.3, 0.4) is 0 Å². The molecule has 4 rings (SSSR count). The van der Waals surface area contributed by atoms with Gasteiger partial charge in [-0.1, -0.05) is 23.8 Å². The Hall–Kier alpha value is -4.73. The molecule has 1 aliphatic heterocycles. The number of benzene rings is 3. The van der Waals surface area contributed by atoms with Gasteiger partial charge in [-0.25, -0.2) is 10.2 Å². The molecule has 0 aliphatic carbocycles. The second-order valence-electron chi connectivity index (χ2n) is 6.98. The Kier molecular flexibility index (Phi) is 5.98. The van der Waals surface area contributed by atoms with Crippen LogP contribution in [0.25, 0.3) is 0 Å². The summed E-state index contributed by atoms with van der Waals surface area (Å²) in [5.41, 5.74) is 3.55. The molecule has 1 aliphatic rings. The number of carbonyl (C=O) groups excluding carboxylic acids is 2. The molecule has 166 valence electrons.